The Morgan fingerprint density at radius 2 is 2.00 bits per heavy atom. The second kappa shape index (κ2) is 6.76. The van der Waals surface area contributed by atoms with Crippen molar-refractivity contribution in [1.29, 1.82) is 0 Å². The maximum atomic E-state index is 5.82. The molecule has 1 atom stereocenters. The number of nitrogens with one attached hydrogen (secondary N) is 1. The van der Waals surface area contributed by atoms with Crippen molar-refractivity contribution in [3.05, 3.63) is 29.8 Å². The molecule has 0 fully saturated rings. The number of ether oxygens (including phenoxy) is 2. The highest BCUT2D eigenvalue weighted by atomic mass is 16.5. The van der Waals surface area contributed by atoms with Crippen molar-refractivity contribution in [2.45, 2.75) is 38.8 Å². The molecule has 0 aliphatic heterocycles. The minimum atomic E-state index is -0.0938. The molecule has 0 aliphatic rings. The van der Waals surface area contributed by atoms with Crippen LogP contribution >= 0.6 is 0 Å². The molecule has 1 rings (SSSR count). The van der Waals surface area contributed by atoms with E-state index >= 15 is 0 Å². The molecule has 0 saturated carbocycles. The lowest BCUT2D eigenvalue weighted by Gasteiger charge is -2.24. The molecule has 0 aliphatic carbocycles. The highest BCUT2D eigenvalue weighted by molar-refractivity contribution is 5.28. The van der Waals surface area contributed by atoms with Crippen LogP contribution in [0.2, 0.25) is 0 Å². The van der Waals surface area contributed by atoms with Gasteiger partial charge in [0.1, 0.15) is 5.75 Å². The Hall–Kier alpha value is -1.06. The normalized spacial score (nSPS) is 13.4. The van der Waals surface area contributed by atoms with Gasteiger partial charge in [-0.1, -0.05) is 12.1 Å². The molecule has 0 saturated heterocycles. The summed E-state index contributed by atoms with van der Waals surface area (Å²) in [7, 11) is 3.66. The van der Waals surface area contributed by atoms with E-state index in [0.29, 0.717) is 12.6 Å². The summed E-state index contributed by atoms with van der Waals surface area (Å²) in [6, 6.07) is 8.48. The predicted octanol–water partition coefficient (Wildman–Crippen LogP) is 2.64. The van der Waals surface area contributed by atoms with E-state index in [1.165, 1.54) is 5.56 Å². The van der Waals surface area contributed by atoms with E-state index in [2.05, 4.69) is 38.2 Å². The van der Waals surface area contributed by atoms with Gasteiger partial charge < -0.3 is 14.8 Å². The molecule has 1 N–H and O–H groups in total. The topological polar surface area (TPSA) is 30.5 Å². The Labute approximate surface area is 110 Å². The van der Waals surface area contributed by atoms with Crippen molar-refractivity contribution < 1.29 is 9.47 Å². The summed E-state index contributed by atoms with van der Waals surface area (Å²) in [6.07, 6.45) is 0.934. The van der Waals surface area contributed by atoms with E-state index < -0.39 is 0 Å². The van der Waals surface area contributed by atoms with Gasteiger partial charge in [0.05, 0.1) is 19.3 Å². The Morgan fingerprint density at radius 3 is 2.56 bits per heavy atom. The van der Waals surface area contributed by atoms with Crippen LogP contribution in [0.5, 0.6) is 5.75 Å². The van der Waals surface area contributed by atoms with Crippen LogP contribution in [0.1, 0.15) is 26.3 Å². The molecule has 18 heavy (non-hydrogen) atoms. The molecule has 1 unspecified atom stereocenters. The van der Waals surface area contributed by atoms with E-state index in [-0.39, 0.29) is 5.60 Å². The lowest BCUT2D eigenvalue weighted by Crippen LogP contribution is -2.36. The lowest BCUT2D eigenvalue weighted by atomic mass is 10.1. The Bertz CT molecular complexity index is 358. The fraction of sp³-hybridized carbons (Fsp3) is 0.600. The SMILES string of the molecule is CNC(COC(C)(C)C)Cc1cccc(OC)c1. The minimum absolute atomic E-state index is 0.0938. The van der Waals surface area contributed by atoms with Crippen LogP contribution in [0.4, 0.5) is 0 Å². The smallest absolute Gasteiger partial charge is 0.119 e. The zero-order valence-electron chi connectivity index (χ0n) is 12.1. The summed E-state index contributed by atoms with van der Waals surface area (Å²) < 4.78 is 11.1. The molecule has 0 heterocycles. The lowest BCUT2D eigenvalue weighted by molar-refractivity contribution is -0.0134. The van der Waals surface area contributed by atoms with Gasteiger partial charge in [-0.15, -0.1) is 0 Å². The zero-order chi connectivity index (χ0) is 13.6. The van der Waals surface area contributed by atoms with Crippen LogP contribution in [0.3, 0.4) is 0 Å². The predicted molar refractivity (Wildman–Crippen MR) is 75.3 cm³/mol. The summed E-state index contributed by atoms with van der Waals surface area (Å²) in [5, 5.41) is 3.29. The van der Waals surface area contributed by atoms with Crippen LogP contribution < -0.4 is 10.1 Å². The number of likely N-dealkylation sites (N-methyl/N-ethyl adjacent to an activating group) is 1. The first-order valence-corrected chi connectivity index (χ1v) is 6.39. The van der Waals surface area contributed by atoms with E-state index in [1.54, 1.807) is 7.11 Å². The third kappa shape index (κ3) is 5.52. The Kier molecular flexibility index (Phi) is 5.63. The Balaban J connectivity index is 2.56. The minimum Gasteiger partial charge on any atom is -0.497 e. The van der Waals surface area contributed by atoms with Crippen LogP contribution in [0, 0.1) is 0 Å². The van der Waals surface area contributed by atoms with Crippen LogP contribution in [0.15, 0.2) is 24.3 Å². The van der Waals surface area contributed by atoms with Crippen LogP contribution in [0.25, 0.3) is 0 Å². The summed E-state index contributed by atoms with van der Waals surface area (Å²) in [5.41, 5.74) is 1.16. The quantitative estimate of drug-likeness (QED) is 0.843. The molecule has 102 valence electrons. The largest absolute Gasteiger partial charge is 0.497 e. The number of methoxy groups -OCH3 is 1. The zero-order valence-corrected chi connectivity index (χ0v) is 12.1. The maximum absolute atomic E-state index is 5.82. The van der Waals surface area contributed by atoms with Gasteiger partial charge in [-0.3, -0.25) is 0 Å². The first kappa shape index (κ1) is 15.0. The summed E-state index contributed by atoms with van der Waals surface area (Å²) >= 11 is 0. The third-order valence-corrected chi connectivity index (χ3v) is 2.74. The number of hydrogen-bond acceptors (Lipinski definition) is 3. The van der Waals surface area contributed by atoms with Crippen LogP contribution in [-0.4, -0.2) is 32.4 Å². The van der Waals surface area contributed by atoms with Gasteiger partial charge in [0.25, 0.3) is 0 Å². The molecule has 0 amide bonds. The fourth-order valence-electron chi connectivity index (χ4n) is 1.68. The summed E-state index contributed by atoms with van der Waals surface area (Å²) in [4.78, 5) is 0. The molecule has 3 nitrogen and oxygen atoms in total. The number of benzene rings is 1. The number of hydrogen-bond donors (Lipinski definition) is 1. The van der Waals surface area contributed by atoms with Crippen molar-refractivity contribution in [2.75, 3.05) is 20.8 Å². The standard InChI is InChI=1S/C15H25NO2/c1-15(2,3)18-11-13(16-4)9-12-7-6-8-14(10-12)17-5/h6-8,10,13,16H,9,11H2,1-5H3. The maximum Gasteiger partial charge on any atom is 0.119 e. The van der Waals surface area contributed by atoms with E-state index in [1.807, 2.05) is 19.2 Å². The molecule has 0 spiro atoms. The van der Waals surface area contributed by atoms with Crippen molar-refractivity contribution in [2.24, 2.45) is 0 Å². The molecule has 1 aromatic carbocycles. The molecular formula is C15H25NO2. The van der Waals surface area contributed by atoms with Crippen molar-refractivity contribution in [3.63, 3.8) is 0 Å². The monoisotopic (exact) mass is 251 g/mol. The first-order valence-electron chi connectivity index (χ1n) is 6.39. The molecular weight excluding hydrogens is 226 g/mol. The fourth-order valence-corrected chi connectivity index (χ4v) is 1.68. The average molecular weight is 251 g/mol. The van der Waals surface area contributed by atoms with E-state index in [4.69, 9.17) is 9.47 Å². The average Bonchev–Trinajstić information content (AvgIpc) is 2.33. The van der Waals surface area contributed by atoms with Gasteiger partial charge in [-0.05, 0) is 51.9 Å². The van der Waals surface area contributed by atoms with Gasteiger partial charge in [-0.25, -0.2) is 0 Å². The summed E-state index contributed by atoms with van der Waals surface area (Å²) in [5.74, 6) is 0.902. The number of rotatable bonds is 6. The van der Waals surface area contributed by atoms with Gasteiger partial charge in [0.15, 0.2) is 0 Å². The molecule has 0 aromatic heterocycles. The summed E-state index contributed by atoms with van der Waals surface area (Å²) in [6.45, 7) is 6.93. The second-order valence-corrected chi connectivity index (χ2v) is 5.46. The molecule has 1 aromatic rings. The van der Waals surface area contributed by atoms with E-state index in [0.717, 1.165) is 12.2 Å². The van der Waals surface area contributed by atoms with E-state index in [9.17, 15) is 0 Å². The first-order chi connectivity index (χ1) is 8.44. The third-order valence-electron chi connectivity index (χ3n) is 2.74. The van der Waals surface area contributed by atoms with Gasteiger partial charge in [-0.2, -0.15) is 0 Å². The van der Waals surface area contributed by atoms with Gasteiger partial charge >= 0.3 is 0 Å². The molecule has 0 radical (unpaired) electrons. The van der Waals surface area contributed by atoms with Crippen molar-refractivity contribution in [3.8, 4) is 5.75 Å². The van der Waals surface area contributed by atoms with Crippen LogP contribution in [-0.2, 0) is 11.2 Å². The van der Waals surface area contributed by atoms with Gasteiger partial charge in [0, 0.05) is 6.04 Å². The molecule has 3 heteroatoms. The van der Waals surface area contributed by atoms with Gasteiger partial charge in [0.2, 0.25) is 0 Å². The van der Waals surface area contributed by atoms with Crippen molar-refractivity contribution >= 4 is 0 Å². The highest BCUT2D eigenvalue weighted by Gasteiger charge is 2.14. The highest BCUT2D eigenvalue weighted by Crippen LogP contribution is 2.15. The van der Waals surface area contributed by atoms with Crippen molar-refractivity contribution in [1.82, 2.24) is 5.32 Å². The molecule has 0 bridgehead atoms. The second-order valence-electron chi connectivity index (χ2n) is 5.46. The Morgan fingerprint density at radius 1 is 1.28 bits per heavy atom.